The van der Waals surface area contributed by atoms with E-state index in [0.717, 1.165) is 36.7 Å². The summed E-state index contributed by atoms with van der Waals surface area (Å²) < 4.78 is 34.6. The molecule has 0 spiro atoms. The van der Waals surface area contributed by atoms with E-state index in [1.54, 1.807) is 6.92 Å². The predicted molar refractivity (Wildman–Crippen MR) is 99.0 cm³/mol. The van der Waals surface area contributed by atoms with Crippen LogP contribution in [0.25, 0.3) is 10.9 Å². The molecule has 0 radical (unpaired) electrons. The van der Waals surface area contributed by atoms with Crippen LogP contribution in [0.2, 0.25) is 0 Å². The Balaban J connectivity index is 1.81. The molecule has 1 aromatic carbocycles. The van der Waals surface area contributed by atoms with E-state index in [1.165, 1.54) is 6.07 Å². The molecule has 2 aliphatic rings. The summed E-state index contributed by atoms with van der Waals surface area (Å²) >= 11 is 0. The van der Waals surface area contributed by atoms with E-state index in [0.29, 0.717) is 11.1 Å². The van der Waals surface area contributed by atoms with Crippen molar-refractivity contribution in [3.05, 3.63) is 23.6 Å². The number of rotatable bonds is 2. The number of hydrogen-bond donors (Lipinski definition) is 0. The van der Waals surface area contributed by atoms with E-state index in [9.17, 15) is 4.39 Å². The first-order chi connectivity index (χ1) is 12.2. The Kier molecular flexibility index (Phi) is 4.17. The average molecular weight is 360 g/mol. The lowest BCUT2D eigenvalue weighted by Gasteiger charge is -2.32. The molecule has 1 aromatic heterocycles. The van der Waals surface area contributed by atoms with Crippen molar-refractivity contribution in [2.24, 2.45) is 0 Å². The molecule has 140 valence electrons. The van der Waals surface area contributed by atoms with E-state index >= 15 is 0 Å². The van der Waals surface area contributed by atoms with Gasteiger partial charge in [-0.3, -0.25) is 0 Å². The van der Waals surface area contributed by atoms with Gasteiger partial charge in [0.1, 0.15) is 12.0 Å². The van der Waals surface area contributed by atoms with Gasteiger partial charge in [-0.05, 0) is 64.9 Å². The van der Waals surface area contributed by atoms with Gasteiger partial charge in [-0.15, -0.1) is 0 Å². The van der Waals surface area contributed by atoms with E-state index < -0.39 is 18.3 Å². The maximum absolute atomic E-state index is 14.6. The summed E-state index contributed by atoms with van der Waals surface area (Å²) in [6.45, 7) is 10.5. The zero-order chi connectivity index (χ0) is 18.7. The molecule has 0 amide bonds. The summed E-state index contributed by atoms with van der Waals surface area (Å²) in [4.78, 5) is 0. The van der Waals surface area contributed by atoms with Crippen molar-refractivity contribution in [3.8, 4) is 0 Å². The second-order valence-corrected chi connectivity index (χ2v) is 8.35. The second kappa shape index (κ2) is 6.04. The molecule has 0 saturated carbocycles. The summed E-state index contributed by atoms with van der Waals surface area (Å²) in [6.07, 6.45) is 4.95. The maximum atomic E-state index is 14.6. The Labute approximate surface area is 153 Å². The van der Waals surface area contributed by atoms with Gasteiger partial charge >= 0.3 is 7.12 Å². The van der Waals surface area contributed by atoms with Crippen molar-refractivity contribution in [1.29, 1.82) is 0 Å². The molecule has 26 heavy (non-hydrogen) atoms. The van der Waals surface area contributed by atoms with Crippen LogP contribution in [-0.4, -0.2) is 34.7 Å². The van der Waals surface area contributed by atoms with Crippen LogP contribution in [-0.2, 0) is 14.0 Å². The highest BCUT2D eigenvalue weighted by molar-refractivity contribution is 6.65. The Morgan fingerprint density at radius 2 is 1.88 bits per heavy atom. The summed E-state index contributed by atoms with van der Waals surface area (Å²) in [5, 5.41) is 5.44. The molecule has 2 aliphatic heterocycles. The molecule has 2 fully saturated rings. The molecule has 0 aliphatic carbocycles. The molecular formula is C19H26BFN2O3. The third-order valence-corrected chi connectivity index (χ3v) is 6.02. The van der Waals surface area contributed by atoms with E-state index in [-0.39, 0.29) is 12.0 Å². The summed E-state index contributed by atoms with van der Waals surface area (Å²) in [5.74, 6) is -0.294. The fourth-order valence-corrected chi connectivity index (χ4v) is 3.62. The highest BCUT2D eigenvalue weighted by Gasteiger charge is 2.52. The quantitative estimate of drug-likeness (QED) is 0.770. The van der Waals surface area contributed by atoms with Crippen molar-refractivity contribution in [2.75, 3.05) is 6.61 Å². The average Bonchev–Trinajstić information content (AvgIpc) is 3.07. The number of ether oxygens (including phenoxy) is 1. The summed E-state index contributed by atoms with van der Waals surface area (Å²) in [6, 6.07) is 1.48. The topological polar surface area (TPSA) is 45.5 Å². The minimum atomic E-state index is -0.622. The highest BCUT2D eigenvalue weighted by Crippen LogP contribution is 2.37. The van der Waals surface area contributed by atoms with Crippen LogP contribution in [0.3, 0.4) is 0 Å². The summed E-state index contributed by atoms with van der Waals surface area (Å²) in [7, 11) is -0.622. The SMILES string of the molecule is Cc1c(F)cc2nn(C3CCCCO3)cc2c1B1OC(C)(C)C(C)(C)O1. The molecule has 7 heteroatoms. The van der Waals surface area contributed by atoms with Gasteiger partial charge < -0.3 is 14.0 Å². The zero-order valence-corrected chi connectivity index (χ0v) is 16.1. The molecular weight excluding hydrogens is 334 g/mol. The van der Waals surface area contributed by atoms with Crippen molar-refractivity contribution >= 4 is 23.5 Å². The lowest BCUT2D eigenvalue weighted by Crippen LogP contribution is -2.41. The van der Waals surface area contributed by atoms with Crippen molar-refractivity contribution in [3.63, 3.8) is 0 Å². The fourth-order valence-electron chi connectivity index (χ4n) is 3.62. The molecule has 2 saturated heterocycles. The van der Waals surface area contributed by atoms with E-state index in [1.807, 2.05) is 38.6 Å². The van der Waals surface area contributed by atoms with Gasteiger partial charge in [0.2, 0.25) is 0 Å². The van der Waals surface area contributed by atoms with Crippen LogP contribution in [0.4, 0.5) is 4.39 Å². The first kappa shape index (κ1) is 18.0. The Morgan fingerprint density at radius 3 is 2.50 bits per heavy atom. The van der Waals surface area contributed by atoms with Gasteiger partial charge in [-0.1, -0.05) is 0 Å². The third kappa shape index (κ3) is 2.77. The van der Waals surface area contributed by atoms with Crippen molar-refractivity contribution < 1.29 is 18.4 Å². The van der Waals surface area contributed by atoms with Crippen LogP contribution >= 0.6 is 0 Å². The van der Waals surface area contributed by atoms with Crippen LogP contribution in [0, 0.1) is 12.7 Å². The van der Waals surface area contributed by atoms with Gasteiger partial charge in [0.15, 0.2) is 0 Å². The predicted octanol–water partition coefficient (Wildman–Crippen LogP) is 3.48. The number of halogens is 1. The number of nitrogens with zero attached hydrogens (tertiary/aromatic N) is 2. The number of fused-ring (bicyclic) bond motifs is 1. The second-order valence-electron chi connectivity index (χ2n) is 8.35. The molecule has 5 nitrogen and oxygen atoms in total. The Hall–Kier alpha value is -1.44. The zero-order valence-electron chi connectivity index (χ0n) is 16.1. The van der Waals surface area contributed by atoms with Crippen LogP contribution in [0.5, 0.6) is 0 Å². The van der Waals surface area contributed by atoms with Gasteiger partial charge in [-0.2, -0.15) is 5.10 Å². The van der Waals surface area contributed by atoms with Crippen molar-refractivity contribution in [2.45, 2.75) is 71.3 Å². The van der Waals surface area contributed by atoms with E-state index in [4.69, 9.17) is 14.0 Å². The first-order valence-corrected chi connectivity index (χ1v) is 9.35. The van der Waals surface area contributed by atoms with Crippen molar-refractivity contribution in [1.82, 2.24) is 9.78 Å². The molecule has 3 heterocycles. The van der Waals surface area contributed by atoms with Gasteiger partial charge in [0, 0.05) is 24.3 Å². The minimum absolute atomic E-state index is 0.0920. The third-order valence-electron chi connectivity index (χ3n) is 6.02. The number of aromatic nitrogens is 2. The maximum Gasteiger partial charge on any atom is 0.495 e. The van der Waals surface area contributed by atoms with Gasteiger partial charge in [0.25, 0.3) is 0 Å². The van der Waals surface area contributed by atoms with Crippen LogP contribution in [0.15, 0.2) is 12.3 Å². The minimum Gasteiger partial charge on any atom is -0.399 e. The standard InChI is InChI=1S/C19H26BFN2O3/c1-12-14(21)10-15-13(11-23(22-15)16-8-6-7-9-24-16)17(12)20-25-18(2,3)19(4,5)26-20/h10-11,16H,6-9H2,1-5H3. The number of hydrogen-bond acceptors (Lipinski definition) is 4. The smallest absolute Gasteiger partial charge is 0.399 e. The largest absolute Gasteiger partial charge is 0.495 e. The van der Waals surface area contributed by atoms with Gasteiger partial charge in [-0.25, -0.2) is 9.07 Å². The molecule has 0 N–H and O–H groups in total. The number of benzene rings is 1. The molecule has 4 rings (SSSR count). The molecule has 0 bridgehead atoms. The lowest BCUT2D eigenvalue weighted by molar-refractivity contribution is -0.0390. The van der Waals surface area contributed by atoms with Crippen LogP contribution in [0.1, 0.15) is 58.7 Å². The lowest BCUT2D eigenvalue weighted by atomic mass is 9.74. The molecule has 2 aromatic rings. The van der Waals surface area contributed by atoms with Gasteiger partial charge in [0.05, 0.1) is 16.7 Å². The molecule has 1 atom stereocenters. The Morgan fingerprint density at radius 1 is 1.19 bits per heavy atom. The van der Waals surface area contributed by atoms with E-state index in [2.05, 4.69) is 5.10 Å². The fraction of sp³-hybridized carbons (Fsp3) is 0.632. The highest BCUT2D eigenvalue weighted by atomic mass is 19.1. The molecule has 1 unspecified atom stereocenters. The first-order valence-electron chi connectivity index (χ1n) is 9.35. The summed E-state index contributed by atoms with van der Waals surface area (Å²) in [5.41, 5.74) is 0.906. The Bertz CT molecular complexity index is 827. The normalized spacial score (nSPS) is 25.2. The van der Waals surface area contributed by atoms with Crippen LogP contribution < -0.4 is 5.46 Å². The monoisotopic (exact) mass is 360 g/mol.